The van der Waals surface area contributed by atoms with Crippen molar-refractivity contribution in [2.75, 3.05) is 11.4 Å². The predicted octanol–water partition coefficient (Wildman–Crippen LogP) is 2.86. The van der Waals surface area contributed by atoms with Crippen molar-refractivity contribution in [2.24, 2.45) is 5.73 Å². The number of hydrogen-bond acceptors (Lipinski definition) is 3. The molecule has 3 nitrogen and oxygen atoms in total. The molecular weight excluding hydrogens is 278 g/mol. The van der Waals surface area contributed by atoms with E-state index in [1.54, 1.807) is 0 Å². The number of aromatic nitrogens is 1. The second kappa shape index (κ2) is 5.36. The number of halogens is 1. The van der Waals surface area contributed by atoms with Crippen molar-refractivity contribution in [3.05, 3.63) is 22.3 Å². The second-order valence-electron chi connectivity index (χ2n) is 4.84. The summed E-state index contributed by atoms with van der Waals surface area (Å²) in [4.78, 5) is 6.92. The van der Waals surface area contributed by atoms with Crippen molar-refractivity contribution in [1.82, 2.24) is 4.98 Å². The molecule has 0 spiro atoms. The smallest absolute Gasteiger partial charge is 0.143 e. The summed E-state index contributed by atoms with van der Waals surface area (Å²) in [5.41, 5.74) is 7.12. The van der Waals surface area contributed by atoms with Gasteiger partial charge in [0.25, 0.3) is 0 Å². The second-order valence-corrected chi connectivity index (χ2v) is 5.64. The molecule has 0 aromatic carbocycles. The SMILES string of the molecule is Cc1ccnc(N2C(C)CCCC2CN)c1Br. The number of pyridine rings is 1. The largest absolute Gasteiger partial charge is 0.349 e. The summed E-state index contributed by atoms with van der Waals surface area (Å²) in [6.07, 6.45) is 5.54. The lowest BCUT2D eigenvalue weighted by molar-refractivity contribution is 0.397. The molecule has 1 saturated heterocycles. The summed E-state index contributed by atoms with van der Waals surface area (Å²) in [6, 6.07) is 2.96. The van der Waals surface area contributed by atoms with Crippen LogP contribution in [0.5, 0.6) is 0 Å². The number of piperidine rings is 1. The van der Waals surface area contributed by atoms with E-state index in [1.165, 1.54) is 24.8 Å². The first-order chi connectivity index (χ1) is 8.15. The third-order valence-electron chi connectivity index (χ3n) is 3.61. The molecule has 2 atom stereocenters. The standard InChI is InChI=1S/C13H20BrN3/c1-9-6-7-16-13(12(9)14)17-10(2)4-3-5-11(17)8-15/h6-7,10-11H,3-5,8,15H2,1-2H3. The van der Waals surface area contributed by atoms with E-state index in [0.29, 0.717) is 18.6 Å². The molecule has 1 aliphatic heterocycles. The molecule has 4 heteroatoms. The Morgan fingerprint density at radius 2 is 2.29 bits per heavy atom. The maximum Gasteiger partial charge on any atom is 0.143 e. The first kappa shape index (κ1) is 12.8. The highest BCUT2D eigenvalue weighted by Crippen LogP contribution is 2.33. The summed E-state index contributed by atoms with van der Waals surface area (Å²) >= 11 is 3.65. The minimum absolute atomic E-state index is 0.421. The van der Waals surface area contributed by atoms with Gasteiger partial charge in [0.05, 0.1) is 4.47 Å². The molecule has 0 saturated carbocycles. The van der Waals surface area contributed by atoms with Crippen molar-refractivity contribution in [3.63, 3.8) is 0 Å². The average molecular weight is 298 g/mol. The quantitative estimate of drug-likeness (QED) is 0.913. The maximum absolute atomic E-state index is 5.90. The summed E-state index contributed by atoms with van der Waals surface area (Å²) in [5, 5.41) is 0. The van der Waals surface area contributed by atoms with Crippen molar-refractivity contribution in [2.45, 2.75) is 45.2 Å². The van der Waals surface area contributed by atoms with Crippen LogP contribution in [0.25, 0.3) is 0 Å². The fraction of sp³-hybridized carbons (Fsp3) is 0.615. The topological polar surface area (TPSA) is 42.2 Å². The van der Waals surface area contributed by atoms with E-state index in [4.69, 9.17) is 5.73 Å². The first-order valence-corrected chi connectivity index (χ1v) is 7.04. The van der Waals surface area contributed by atoms with Gasteiger partial charge in [-0.05, 0) is 60.7 Å². The van der Waals surface area contributed by atoms with Crippen LogP contribution in [0.4, 0.5) is 5.82 Å². The summed E-state index contributed by atoms with van der Waals surface area (Å²) in [6.45, 7) is 5.06. The fourth-order valence-electron chi connectivity index (χ4n) is 2.61. The van der Waals surface area contributed by atoms with Gasteiger partial charge in [-0.1, -0.05) is 0 Å². The Balaban J connectivity index is 2.38. The zero-order valence-electron chi connectivity index (χ0n) is 10.5. The van der Waals surface area contributed by atoms with E-state index in [0.717, 1.165) is 10.3 Å². The monoisotopic (exact) mass is 297 g/mol. The van der Waals surface area contributed by atoms with Gasteiger partial charge in [-0.3, -0.25) is 0 Å². The van der Waals surface area contributed by atoms with Crippen LogP contribution in [-0.4, -0.2) is 23.6 Å². The van der Waals surface area contributed by atoms with Gasteiger partial charge < -0.3 is 10.6 Å². The molecule has 2 heterocycles. The minimum atomic E-state index is 0.421. The molecule has 0 radical (unpaired) electrons. The fourth-order valence-corrected chi connectivity index (χ4v) is 3.05. The van der Waals surface area contributed by atoms with Crippen molar-refractivity contribution in [3.8, 4) is 0 Å². The lowest BCUT2D eigenvalue weighted by atomic mass is 9.96. The van der Waals surface area contributed by atoms with Gasteiger partial charge in [0.15, 0.2) is 0 Å². The Labute approximate surface area is 112 Å². The van der Waals surface area contributed by atoms with Crippen LogP contribution < -0.4 is 10.6 Å². The normalized spacial score (nSPS) is 25.1. The van der Waals surface area contributed by atoms with Gasteiger partial charge >= 0.3 is 0 Å². The van der Waals surface area contributed by atoms with Gasteiger partial charge in [0.2, 0.25) is 0 Å². The Morgan fingerprint density at radius 3 is 3.00 bits per heavy atom. The third-order valence-corrected chi connectivity index (χ3v) is 4.59. The van der Waals surface area contributed by atoms with E-state index in [9.17, 15) is 0 Å². The van der Waals surface area contributed by atoms with Gasteiger partial charge in [-0.25, -0.2) is 4.98 Å². The van der Waals surface area contributed by atoms with Gasteiger partial charge in [0, 0.05) is 24.8 Å². The predicted molar refractivity (Wildman–Crippen MR) is 75.3 cm³/mol. The third kappa shape index (κ3) is 2.47. The number of nitrogens with zero attached hydrogens (tertiary/aromatic N) is 2. The molecule has 0 amide bonds. The number of anilines is 1. The zero-order valence-corrected chi connectivity index (χ0v) is 12.1. The van der Waals surface area contributed by atoms with Crippen molar-refractivity contribution < 1.29 is 0 Å². The van der Waals surface area contributed by atoms with E-state index >= 15 is 0 Å². The highest BCUT2D eigenvalue weighted by atomic mass is 79.9. The van der Waals surface area contributed by atoms with Crippen LogP contribution in [0, 0.1) is 6.92 Å². The highest BCUT2D eigenvalue weighted by Gasteiger charge is 2.29. The van der Waals surface area contributed by atoms with Crippen LogP contribution in [0.15, 0.2) is 16.7 Å². The van der Waals surface area contributed by atoms with Crippen LogP contribution in [0.3, 0.4) is 0 Å². The minimum Gasteiger partial charge on any atom is -0.349 e. The van der Waals surface area contributed by atoms with E-state index in [2.05, 4.69) is 39.7 Å². The molecule has 0 bridgehead atoms. The number of nitrogens with two attached hydrogens (primary N) is 1. The van der Waals surface area contributed by atoms with Crippen molar-refractivity contribution in [1.29, 1.82) is 0 Å². The molecule has 2 unspecified atom stereocenters. The van der Waals surface area contributed by atoms with Gasteiger partial charge in [0.1, 0.15) is 5.82 Å². The summed E-state index contributed by atoms with van der Waals surface area (Å²) in [5.74, 6) is 1.05. The van der Waals surface area contributed by atoms with E-state index < -0.39 is 0 Å². The summed E-state index contributed by atoms with van der Waals surface area (Å²) in [7, 11) is 0. The van der Waals surface area contributed by atoms with Crippen LogP contribution in [0.2, 0.25) is 0 Å². The molecule has 2 N–H and O–H groups in total. The molecule has 1 aromatic rings. The molecule has 1 aliphatic rings. The molecular formula is C13H20BrN3. The average Bonchev–Trinajstić information content (AvgIpc) is 2.33. The van der Waals surface area contributed by atoms with Gasteiger partial charge in [-0.2, -0.15) is 0 Å². The van der Waals surface area contributed by atoms with Gasteiger partial charge in [-0.15, -0.1) is 0 Å². The Morgan fingerprint density at radius 1 is 1.53 bits per heavy atom. The van der Waals surface area contributed by atoms with Crippen LogP contribution >= 0.6 is 15.9 Å². The Hall–Kier alpha value is -0.610. The van der Waals surface area contributed by atoms with Crippen LogP contribution in [-0.2, 0) is 0 Å². The lowest BCUT2D eigenvalue weighted by Gasteiger charge is -2.41. The zero-order chi connectivity index (χ0) is 12.4. The Kier molecular flexibility index (Phi) is 4.05. The molecule has 94 valence electrons. The van der Waals surface area contributed by atoms with Crippen LogP contribution in [0.1, 0.15) is 31.7 Å². The number of hydrogen-bond donors (Lipinski definition) is 1. The molecule has 2 rings (SSSR count). The summed E-state index contributed by atoms with van der Waals surface area (Å²) < 4.78 is 1.10. The van der Waals surface area contributed by atoms with E-state index in [-0.39, 0.29) is 0 Å². The van der Waals surface area contributed by atoms with E-state index in [1.807, 2.05) is 12.3 Å². The molecule has 0 aliphatic carbocycles. The maximum atomic E-state index is 5.90. The Bertz CT molecular complexity index is 394. The number of aryl methyl sites for hydroxylation is 1. The highest BCUT2D eigenvalue weighted by molar-refractivity contribution is 9.10. The first-order valence-electron chi connectivity index (χ1n) is 6.24. The lowest BCUT2D eigenvalue weighted by Crippen LogP contribution is -2.49. The molecule has 1 aromatic heterocycles. The molecule has 1 fully saturated rings. The number of rotatable bonds is 2. The van der Waals surface area contributed by atoms with Crippen molar-refractivity contribution >= 4 is 21.7 Å². The molecule has 17 heavy (non-hydrogen) atoms.